The molecular formula is C27H26N4O5S. The third-order valence-corrected chi connectivity index (χ3v) is 5.36. The molecule has 3 aromatic carbocycles. The Balaban J connectivity index is 1.47. The van der Waals surface area contributed by atoms with E-state index in [4.69, 9.17) is 21.7 Å². The van der Waals surface area contributed by atoms with Crippen molar-refractivity contribution in [3.63, 3.8) is 0 Å². The summed E-state index contributed by atoms with van der Waals surface area (Å²) in [4.78, 5) is 37.0. The second-order valence-corrected chi connectivity index (χ2v) is 8.10. The Morgan fingerprint density at radius 3 is 2.22 bits per heavy atom. The van der Waals surface area contributed by atoms with Gasteiger partial charge in [0, 0.05) is 22.9 Å². The third-order valence-electron chi connectivity index (χ3n) is 5.16. The molecule has 0 spiro atoms. The van der Waals surface area contributed by atoms with Crippen molar-refractivity contribution >= 4 is 46.8 Å². The molecular weight excluding hydrogens is 492 g/mol. The number of carbonyl (C=O) groups excluding carboxylic acids is 3. The van der Waals surface area contributed by atoms with Crippen molar-refractivity contribution in [2.24, 2.45) is 0 Å². The van der Waals surface area contributed by atoms with Crippen LogP contribution in [0.15, 0.2) is 72.8 Å². The first kappa shape index (κ1) is 26.9. The zero-order chi connectivity index (χ0) is 26.8. The van der Waals surface area contributed by atoms with Crippen LogP contribution in [0.3, 0.4) is 0 Å². The number of hydrazine groups is 1. The van der Waals surface area contributed by atoms with E-state index in [-0.39, 0.29) is 11.0 Å². The normalized spacial score (nSPS) is 10.4. The molecule has 190 valence electrons. The van der Waals surface area contributed by atoms with Crippen LogP contribution < -0.4 is 31.0 Å². The fraction of sp³-hybridized carbons (Fsp3) is 0.111. The van der Waals surface area contributed by atoms with Gasteiger partial charge in [-0.25, -0.2) is 0 Å². The lowest BCUT2D eigenvalue weighted by Gasteiger charge is -2.11. The summed E-state index contributed by atoms with van der Waals surface area (Å²) >= 11 is 5.05. The molecule has 3 rings (SSSR count). The smallest absolute Gasteiger partial charge is 0.269 e. The van der Waals surface area contributed by atoms with Crippen molar-refractivity contribution in [1.29, 1.82) is 0 Å². The van der Waals surface area contributed by atoms with Crippen molar-refractivity contribution < 1.29 is 23.9 Å². The maximum atomic E-state index is 12.4. The van der Waals surface area contributed by atoms with Crippen LogP contribution in [0.5, 0.6) is 11.5 Å². The molecule has 3 aromatic rings. The molecule has 4 N–H and O–H groups in total. The lowest BCUT2D eigenvalue weighted by molar-refractivity contribution is -0.115. The highest BCUT2D eigenvalue weighted by atomic mass is 32.1. The van der Waals surface area contributed by atoms with E-state index >= 15 is 0 Å². The summed E-state index contributed by atoms with van der Waals surface area (Å²) in [5, 5.41) is 5.15. The van der Waals surface area contributed by atoms with Crippen LogP contribution in [-0.4, -0.2) is 37.1 Å². The maximum absolute atomic E-state index is 12.4. The zero-order valence-electron chi connectivity index (χ0n) is 20.5. The van der Waals surface area contributed by atoms with Crippen LogP contribution in [0, 0.1) is 6.92 Å². The Kier molecular flexibility index (Phi) is 9.34. The van der Waals surface area contributed by atoms with Gasteiger partial charge >= 0.3 is 0 Å². The first-order valence-electron chi connectivity index (χ1n) is 11.1. The highest BCUT2D eigenvalue weighted by Crippen LogP contribution is 2.27. The molecule has 9 nitrogen and oxygen atoms in total. The van der Waals surface area contributed by atoms with Gasteiger partial charge in [0.25, 0.3) is 11.8 Å². The summed E-state index contributed by atoms with van der Waals surface area (Å²) < 4.78 is 10.4. The number of carbonyl (C=O) groups is 3. The third kappa shape index (κ3) is 7.64. The molecule has 0 atom stereocenters. The standard InChI is InChI=1S/C27H26N4O5S/c1-17-6-4-5-7-21(17)26(34)28-20-12-10-19(11-13-20)25(33)30-31-27(37)29-24(32)15-9-18-8-14-22(35-2)23(16-18)36-3/h4-16H,1-3H3,(H,28,34)(H,30,33)(H2,29,31,32,37)/b15-9+. The molecule has 0 aromatic heterocycles. The SMILES string of the molecule is COc1ccc(/C=C/C(=O)NC(=S)NNC(=O)c2ccc(NC(=O)c3ccccc3C)cc2)cc1OC. The number of anilines is 1. The van der Waals surface area contributed by atoms with Gasteiger partial charge in [0.1, 0.15) is 0 Å². The van der Waals surface area contributed by atoms with E-state index < -0.39 is 11.8 Å². The Morgan fingerprint density at radius 1 is 0.838 bits per heavy atom. The summed E-state index contributed by atoms with van der Waals surface area (Å²) in [6.45, 7) is 1.86. The van der Waals surface area contributed by atoms with Crippen molar-refractivity contribution in [2.75, 3.05) is 19.5 Å². The molecule has 0 aliphatic carbocycles. The van der Waals surface area contributed by atoms with Crippen molar-refractivity contribution in [1.82, 2.24) is 16.2 Å². The van der Waals surface area contributed by atoms with E-state index in [1.54, 1.807) is 60.7 Å². The van der Waals surface area contributed by atoms with Gasteiger partial charge in [-0.1, -0.05) is 24.3 Å². The summed E-state index contributed by atoms with van der Waals surface area (Å²) in [6, 6.07) is 18.8. The van der Waals surface area contributed by atoms with E-state index in [1.165, 1.54) is 20.3 Å². The molecule has 0 heterocycles. The number of aryl methyl sites for hydroxylation is 1. The molecule has 0 aliphatic heterocycles. The summed E-state index contributed by atoms with van der Waals surface area (Å²) in [6.07, 6.45) is 2.87. The van der Waals surface area contributed by atoms with Crippen LogP contribution in [0.4, 0.5) is 5.69 Å². The number of hydrogen-bond acceptors (Lipinski definition) is 6. The van der Waals surface area contributed by atoms with Crippen LogP contribution in [0.2, 0.25) is 0 Å². The molecule has 37 heavy (non-hydrogen) atoms. The fourth-order valence-corrected chi connectivity index (χ4v) is 3.38. The van der Waals surface area contributed by atoms with E-state index in [2.05, 4.69) is 21.5 Å². The van der Waals surface area contributed by atoms with E-state index in [9.17, 15) is 14.4 Å². The number of rotatable bonds is 7. The minimum Gasteiger partial charge on any atom is -0.493 e. The highest BCUT2D eigenvalue weighted by molar-refractivity contribution is 7.80. The summed E-state index contributed by atoms with van der Waals surface area (Å²) in [5.74, 6) is -0.0960. The molecule has 3 amide bonds. The fourth-order valence-electron chi connectivity index (χ4n) is 3.23. The number of methoxy groups -OCH3 is 2. The Hall–Kier alpha value is -4.70. The number of ether oxygens (including phenoxy) is 2. The summed E-state index contributed by atoms with van der Waals surface area (Å²) in [5.41, 5.74) is 7.91. The topological polar surface area (TPSA) is 118 Å². The first-order chi connectivity index (χ1) is 17.8. The Labute approximate surface area is 219 Å². The van der Waals surface area contributed by atoms with Crippen molar-refractivity contribution in [3.8, 4) is 11.5 Å². The van der Waals surface area contributed by atoms with Gasteiger partial charge in [-0.2, -0.15) is 0 Å². The zero-order valence-corrected chi connectivity index (χ0v) is 21.3. The van der Waals surface area contributed by atoms with E-state index in [0.29, 0.717) is 28.3 Å². The maximum Gasteiger partial charge on any atom is 0.269 e. The van der Waals surface area contributed by atoms with Gasteiger partial charge in [-0.15, -0.1) is 0 Å². The van der Waals surface area contributed by atoms with Gasteiger partial charge in [0.05, 0.1) is 14.2 Å². The monoisotopic (exact) mass is 518 g/mol. The van der Waals surface area contributed by atoms with Crippen LogP contribution in [-0.2, 0) is 4.79 Å². The molecule has 0 aliphatic rings. The minimum atomic E-state index is -0.490. The molecule has 0 radical (unpaired) electrons. The Morgan fingerprint density at radius 2 is 1.54 bits per heavy atom. The number of amides is 3. The van der Waals surface area contributed by atoms with E-state index in [0.717, 1.165) is 11.1 Å². The van der Waals surface area contributed by atoms with E-state index in [1.807, 2.05) is 19.1 Å². The first-order valence-corrected chi connectivity index (χ1v) is 11.5. The van der Waals surface area contributed by atoms with Crippen LogP contribution >= 0.6 is 12.2 Å². The lowest BCUT2D eigenvalue weighted by atomic mass is 10.1. The average Bonchev–Trinajstić information content (AvgIpc) is 2.91. The second kappa shape index (κ2) is 12.8. The van der Waals surface area contributed by atoms with Gasteiger partial charge in [0.2, 0.25) is 5.91 Å². The predicted octanol–water partition coefficient (Wildman–Crippen LogP) is 3.61. The highest BCUT2D eigenvalue weighted by Gasteiger charge is 2.11. The molecule has 0 unspecified atom stereocenters. The van der Waals surface area contributed by atoms with Gasteiger partial charge in [-0.05, 0) is 78.8 Å². The molecule has 0 saturated heterocycles. The summed E-state index contributed by atoms with van der Waals surface area (Å²) in [7, 11) is 3.06. The van der Waals surface area contributed by atoms with Gasteiger partial charge in [0.15, 0.2) is 16.6 Å². The van der Waals surface area contributed by atoms with Crippen LogP contribution in [0.25, 0.3) is 6.08 Å². The molecule has 0 saturated carbocycles. The van der Waals surface area contributed by atoms with Crippen molar-refractivity contribution in [3.05, 3.63) is 95.1 Å². The number of thiocarbonyl (C=S) groups is 1. The van der Waals surface area contributed by atoms with Gasteiger partial charge in [-0.3, -0.25) is 30.6 Å². The Bertz CT molecular complexity index is 1340. The largest absolute Gasteiger partial charge is 0.493 e. The predicted molar refractivity (Wildman–Crippen MR) is 145 cm³/mol. The second-order valence-electron chi connectivity index (χ2n) is 7.69. The molecule has 0 bridgehead atoms. The minimum absolute atomic E-state index is 0.0857. The quantitative estimate of drug-likeness (QED) is 0.214. The number of benzene rings is 3. The number of hydrogen-bond donors (Lipinski definition) is 4. The average molecular weight is 519 g/mol. The van der Waals surface area contributed by atoms with Gasteiger partial charge < -0.3 is 14.8 Å². The van der Waals surface area contributed by atoms with Crippen LogP contribution in [0.1, 0.15) is 31.8 Å². The number of nitrogens with one attached hydrogen (secondary N) is 4. The lowest BCUT2D eigenvalue weighted by Crippen LogP contribution is -2.48. The molecule has 0 fully saturated rings. The molecule has 10 heteroatoms. The van der Waals surface area contributed by atoms with Crippen molar-refractivity contribution in [2.45, 2.75) is 6.92 Å².